The number of nitrogens with zero attached hydrogens (tertiary/aromatic N) is 4. The van der Waals surface area contributed by atoms with E-state index in [1.54, 1.807) is 28.0 Å². The Morgan fingerprint density at radius 3 is 2.62 bits per heavy atom. The zero-order valence-electron chi connectivity index (χ0n) is 21.7. The summed E-state index contributed by atoms with van der Waals surface area (Å²) in [6.45, 7) is 4.82. The molecule has 2 fully saturated rings. The molecule has 1 aromatic heterocycles. The second-order valence-corrected chi connectivity index (χ2v) is 11.1. The third-order valence-electron chi connectivity index (χ3n) is 7.29. The summed E-state index contributed by atoms with van der Waals surface area (Å²) in [4.78, 5) is 45.2. The van der Waals surface area contributed by atoms with Gasteiger partial charge >= 0.3 is 0 Å². The average Bonchev–Trinajstić information content (AvgIpc) is 3.64. The highest BCUT2D eigenvalue weighted by Gasteiger charge is 2.38. The van der Waals surface area contributed by atoms with Crippen LogP contribution in [0.2, 0.25) is 5.02 Å². The van der Waals surface area contributed by atoms with E-state index in [0.29, 0.717) is 36.7 Å². The number of rotatable bonds is 10. The second-order valence-electron chi connectivity index (χ2n) is 10.6. The van der Waals surface area contributed by atoms with Crippen molar-refractivity contribution in [3.05, 3.63) is 41.4 Å². The van der Waals surface area contributed by atoms with Gasteiger partial charge in [0.1, 0.15) is 24.7 Å². The van der Waals surface area contributed by atoms with Gasteiger partial charge in [-0.15, -0.1) is 0 Å². The van der Waals surface area contributed by atoms with Crippen LogP contribution in [0.5, 0.6) is 0 Å². The number of halogens is 1. The van der Waals surface area contributed by atoms with Crippen molar-refractivity contribution in [2.24, 2.45) is 11.8 Å². The molecule has 2 atom stereocenters. The van der Waals surface area contributed by atoms with Crippen LogP contribution in [0.25, 0.3) is 5.69 Å². The van der Waals surface area contributed by atoms with Crippen LogP contribution in [0, 0.1) is 11.8 Å². The zero-order chi connectivity index (χ0) is 26.4. The predicted octanol–water partition coefficient (Wildman–Crippen LogP) is 3.64. The van der Waals surface area contributed by atoms with E-state index >= 15 is 0 Å². The van der Waals surface area contributed by atoms with Gasteiger partial charge in [0, 0.05) is 24.5 Å². The molecule has 1 saturated carbocycles. The van der Waals surface area contributed by atoms with E-state index in [9.17, 15) is 14.4 Å². The molecule has 2 N–H and O–H groups in total. The van der Waals surface area contributed by atoms with Gasteiger partial charge in [-0.2, -0.15) is 5.10 Å². The first-order chi connectivity index (χ1) is 17.8. The van der Waals surface area contributed by atoms with E-state index in [1.807, 2.05) is 19.9 Å². The van der Waals surface area contributed by atoms with Crippen LogP contribution in [0.4, 0.5) is 0 Å². The predicted molar refractivity (Wildman–Crippen MR) is 141 cm³/mol. The summed E-state index contributed by atoms with van der Waals surface area (Å²) in [6.07, 6.45) is 9.89. The molecule has 1 saturated heterocycles. The Hall–Kier alpha value is -2.94. The van der Waals surface area contributed by atoms with E-state index in [4.69, 9.17) is 11.6 Å². The van der Waals surface area contributed by atoms with Gasteiger partial charge < -0.3 is 15.5 Å². The molecule has 1 aromatic carbocycles. The van der Waals surface area contributed by atoms with Crippen molar-refractivity contribution in [2.75, 3.05) is 6.54 Å². The van der Waals surface area contributed by atoms with Crippen molar-refractivity contribution in [2.45, 2.75) is 83.8 Å². The number of benzene rings is 1. The summed E-state index contributed by atoms with van der Waals surface area (Å²) in [5, 5.41) is 10.7. The van der Waals surface area contributed by atoms with Crippen LogP contribution in [0.1, 0.15) is 70.8 Å². The summed E-state index contributed by atoms with van der Waals surface area (Å²) in [6, 6.07) is 4.19. The summed E-state index contributed by atoms with van der Waals surface area (Å²) in [5.41, 5.74) is 1.56. The van der Waals surface area contributed by atoms with E-state index in [0.717, 1.165) is 30.5 Å². The van der Waals surface area contributed by atoms with Crippen LogP contribution in [0.3, 0.4) is 0 Å². The molecule has 0 spiro atoms. The fourth-order valence-electron chi connectivity index (χ4n) is 5.48. The summed E-state index contributed by atoms with van der Waals surface area (Å²) < 4.78 is 1.62. The van der Waals surface area contributed by atoms with Gasteiger partial charge in [0.25, 0.3) is 0 Å². The van der Waals surface area contributed by atoms with E-state index in [1.165, 1.54) is 19.2 Å². The van der Waals surface area contributed by atoms with Crippen molar-refractivity contribution >= 4 is 29.3 Å². The van der Waals surface area contributed by atoms with Crippen molar-refractivity contribution < 1.29 is 14.4 Å². The molecule has 4 rings (SSSR count). The van der Waals surface area contributed by atoms with E-state index < -0.39 is 12.1 Å². The topological polar surface area (TPSA) is 109 Å². The molecule has 200 valence electrons. The lowest BCUT2D eigenvalue weighted by molar-refractivity contribution is -0.141. The number of hydrogen-bond acceptors (Lipinski definition) is 5. The molecule has 2 aromatic rings. The fourth-order valence-corrected chi connectivity index (χ4v) is 5.67. The van der Waals surface area contributed by atoms with Gasteiger partial charge in [0.15, 0.2) is 0 Å². The SMILES string of the molecule is CC(C)C[C@H](NC(=O)CC1CCCC1)C(=O)N1CCC[C@H]1C(=O)NCc1cc(Cl)ccc1-n1cncn1. The molecule has 37 heavy (non-hydrogen) atoms. The minimum atomic E-state index is -0.617. The normalized spacial score (nSPS) is 18.8. The van der Waals surface area contributed by atoms with Crippen molar-refractivity contribution in [1.29, 1.82) is 0 Å². The van der Waals surface area contributed by atoms with E-state index in [2.05, 4.69) is 20.7 Å². The molecule has 0 bridgehead atoms. The van der Waals surface area contributed by atoms with Crippen LogP contribution < -0.4 is 10.6 Å². The zero-order valence-corrected chi connectivity index (χ0v) is 22.4. The first-order valence-electron chi connectivity index (χ1n) is 13.3. The highest BCUT2D eigenvalue weighted by Crippen LogP contribution is 2.28. The standard InChI is InChI=1S/C27H37ClN6O3/c1-18(2)12-22(32-25(35)13-19-6-3-4-7-19)27(37)33-11-5-8-24(33)26(36)30-15-20-14-21(28)9-10-23(20)34-17-29-16-31-34/h9-10,14,16-19,22,24H,3-8,11-13,15H2,1-2H3,(H,30,36)(H,32,35)/t22-,24-/m0/s1. The number of nitrogens with one attached hydrogen (secondary N) is 2. The highest BCUT2D eigenvalue weighted by molar-refractivity contribution is 6.30. The van der Waals surface area contributed by atoms with Gasteiger partial charge in [-0.05, 0) is 67.7 Å². The fraction of sp³-hybridized carbons (Fsp3) is 0.593. The lowest BCUT2D eigenvalue weighted by Gasteiger charge is -2.30. The van der Waals surface area contributed by atoms with Gasteiger partial charge in [-0.25, -0.2) is 9.67 Å². The lowest BCUT2D eigenvalue weighted by atomic mass is 10.00. The first kappa shape index (κ1) is 27.1. The van der Waals surface area contributed by atoms with Gasteiger partial charge in [-0.1, -0.05) is 38.3 Å². The number of carbonyl (C=O) groups excluding carboxylic acids is 3. The van der Waals surface area contributed by atoms with Gasteiger partial charge in [-0.3, -0.25) is 14.4 Å². The summed E-state index contributed by atoms with van der Waals surface area (Å²) in [7, 11) is 0. The molecule has 3 amide bonds. The smallest absolute Gasteiger partial charge is 0.245 e. The number of carbonyl (C=O) groups is 3. The minimum Gasteiger partial charge on any atom is -0.350 e. The molecule has 9 nitrogen and oxygen atoms in total. The highest BCUT2D eigenvalue weighted by atomic mass is 35.5. The number of hydrogen-bond donors (Lipinski definition) is 2. The Morgan fingerprint density at radius 2 is 1.92 bits per heavy atom. The summed E-state index contributed by atoms with van der Waals surface area (Å²) >= 11 is 6.21. The van der Waals surface area contributed by atoms with Crippen molar-refractivity contribution in [1.82, 2.24) is 30.3 Å². The molecular formula is C27H37ClN6O3. The molecule has 10 heteroatoms. The Morgan fingerprint density at radius 1 is 1.14 bits per heavy atom. The first-order valence-corrected chi connectivity index (χ1v) is 13.7. The molecule has 0 radical (unpaired) electrons. The molecule has 2 heterocycles. The van der Waals surface area contributed by atoms with Crippen LogP contribution in [-0.4, -0.2) is 56.0 Å². The van der Waals surface area contributed by atoms with Crippen LogP contribution in [-0.2, 0) is 20.9 Å². The Balaban J connectivity index is 1.41. The molecule has 1 aliphatic heterocycles. The lowest BCUT2D eigenvalue weighted by Crippen LogP contribution is -2.53. The number of amides is 3. The van der Waals surface area contributed by atoms with E-state index in [-0.39, 0.29) is 30.2 Å². The van der Waals surface area contributed by atoms with Crippen LogP contribution >= 0.6 is 11.6 Å². The quantitative estimate of drug-likeness (QED) is 0.489. The van der Waals surface area contributed by atoms with Gasteiger partial charge in [0.05, 0.1) is 5.69 Å². The Kier molecular flexibility index (Phi) is 9.18. The maximum atomic E-state index is 13.6. The van der Waals surface area contributed by atoms with Crippen LogP contribution in [0.15, 0.2) is 30.9 Å². The number of aromatic nitrogens is 3. The summed E-state index contributed by atoms with van der Waals surface area (Å²) in [5.74, 6) is 0.198. The molecular weight excluding hydrogens is 492 g/mol. The Bertz CT molecular complexity index is 1080. The van der Waals surface area contributed by atoms with Gasteiger partial charge in [0.2, 0.25) is 17.7 Å². The maximum absolute atomic E-state index is 13.6. The molecule has 1 aliphatic carbocycles. The molecule has 2 aliphatic rings. The third kappa shape index (κ3) is 7.09. The maximum Gasteiger partial charge on any atom is 0.245 e. The third-order valence-corrected chi connectivity index (χ3v) is 7.52. The molecule has 0 unspecified atom stereocenters. The largest absolute Gasteiger partial charge is 0.350 e. The van der Waals surface area contributed by atoms with Crippen molar-refractivity contribution in [3.8, 4) is 5.69 Å². The number of likely N-dealkylation sites (tertiary alicyclic amines) is 1. The average molecular weight is 529 g/mol. The monoisotopic (exact) mass is 528 g/mol. The van der Waals surface area contributed by atoms with Crippen molar-refractivity contribution in [3.63, 3.8) is 0 Å². The second kappa shape index (κ2) is 12.5. The Labute approximate surface area is 223 Å². The minimum absolute atomic E-state index is 0.0623.